The van der Waals surface area contributed by atoms with Crippen molar-refractivity contribution in [1.82, 2.24) is 15.2 Å². The molecule has 1 aromatic carbocycles. The number of rotatable bonds is 4. The van der Waals surface area contributed by atoms with E-state index in [4.69, 9.17) is 0 Å². The van der Waals surface area contributed by atoms with Crippen molar-refractivity contribution in [3.8, 4) is 0 Å². The van der Waals surface area contributed by atoms with Crippen LogP contribution in [0.2, 0.25) is 0 Å². The Bertz CT molecular complexity index is 586. The van der Waals surface area contributed by atoms with Gasteiger partial charge in [-0.1, -0.05) is 28.1 Å². The quantitative estimate of drug-likeness (QED) is 0.915. The molecule has 1 atom stereocenters. The summed E-state index contributed by atoms with van der Waals surface area (Å²) >= 11 is 3.40. The van der Waals surface area contributed by atoms with E-state index in [1.54, 1.807) is 24.3 Å². The molecule has 1 heterocycles. The van der Waals surface area contributed by atoms with Gasteiger partial charge in [0.25, 0.3) is 0 Å². The Morgan fingerprint density at radius 1 is 1.24 bits per heavy atom. The zero-order chi connectivity index (χ0) is 15.2. The largest absolute Gasteiger partial charge is 0.331 e. The van der Waals surface area contributed by atoms with Crippen LogP contribution in [0, 0.1) is 0 Å². The number of hydrogen-bond donors (Lipinski definition) is 1. The van der Waals surface area contributed by atoms with Gasteiger partial charge < -0.3 is 10.2 Å². The van der Waals surface area contributed by atoms with Crippen molar-refractivity contribution in [2.45, 2.75) is 19.5 Å². The third-order valence-electron chi connectivity index (χ3n) is 3.23. The van der Waals surface area contributed by atoms with Crippen molar-refractivity contribution >= 4 is 22.0 Å². The molecule has 5 heteroatoms. The average Bonchev–Trinajstić information content (AvgIpc) is 2.50. The maximum atomic E-state index is 12.2. The van der Waals surface area contributed by atoms with Crippen molar-refractivity contribution in [1.29, 1.82) is 0 Å². The van der Waals surface area contributed by atoms with Gasteiger partial charge in [0.15, 0.2) is 0 Å². The van der Waals surface area contributed by atoms with Crippen LogP contribution in [0.1, 0.15) is 24.1 Å². The fourth-order valence-corrected chi connectivity index (χ4v) is 2.23. The molecule has 0 aliphatic heterocycles. The zero-order valence-electron chi connectivity index (χ0n) is 12.1. The highest BCUT2D eigenvalue weighted by atomic mass is 79.9. The van der Waals surface area contributed by atoms with Crippen LogP contribution in [0.25, 0.3) is 0 Å². The van der Waals surface area contributed by atoms with Crippen LogP contribution in [0.5, 0.6) is 0 Å². The van der Waals surface area contributed by atoms with Crippen molar-refractivity contribution in [3.05, 3.63) is 64.4 Å². The van der Waals surface area contributed by atoms with Crippen LogP contribution in [0.4, 0.5) is 4.79 Å². The monoisotopic (exact) mass is 347 g/mol. The molecule has 0 aliphatic rings. The van der Waals surface area contributed by atoms with Crippen LogP contribution in [-0.2, 0) is 6.54 Å². The van der Waals surface area contributed by atoms with Crippen LogP contribution in [0.15, 0.2) is 53.3 Å². The molecule has 2 aromatic rings. The first-order valence-corrected chi connectivity index (χ1v) is 7.51. The summed E-state index contributed by atoms with van der Waals surface area (Å²) in [5.74, 6) is 0. The Morgan fingerprint density at radius 2 is 1.86 bits per heavy atom. The summed E-state index contributed by atoms with van der Waals surface area (Å²) in [6.45, 7) is 2.53. The second-order valence-electron chi connectivity index (χ2n) is 4.93. The summed E-state index contributed by atoms with van der Waals surface area (Å²) in [4.78, 5) is 17.8. The molecular weight excluding hydrogens is 330 g/mol. The number of nitrogens with one attached hydrogen (secondary N) is 1. The molecule has 1 N–H and O–H groups in total. The Hall–Kier alpha value is -1.88. The fourth-order valence-electron chi connectivity index (χ4n) is 1.97. The topological polar surface area (TPSA) is 45.2 Å². The second-order valence-corrected chi connectivity index (χ2v) is 5.85. The highest BCUT2D eigenvalue weighted by Crippen LogP contribution is 2.13. The first kappa shape index (κ1) is 15.5. The zero-order valence-corrected chi connectivity index (χ0v) is 13.7. The van der Waals surface area contributed by atoms with E-state index in [9.17, 15) is 4.79 Å². The third kappa shape index (κ3) is 4.56. The van der Waals surface area contributed by atoms with Gasteiger partial charge >= 0.3 is 6.03 Å². The number of hydrogen-bond acceptors (Lipinski definition) is 2. The number of aromatic nitrogens is 1. The minimum absolute atomic E-state index is 0.0483. The highest BCUT2D eigenvalue weighted by molar-refractivity contribution is 9.10. The SMILES string of the molecule is C[C@@H](NC(=O)N(C)Cc1ccc(Br)cc1)c1ccncc1. The van der Waals surface area contributed by atoms with Crippen molar-refractivity contribution in [3.63, 3.8) is 0 Å². The minimum Gasteiger partial charge on any atom is -0.331 e. The molecule has 0 bridgehead atoms. The lowest BCUT2D eigenvalue weighted by atomic mass is 10.1. The van der Waals surface area contributed by atoms with Gasteiger partial charge in [0.05, 0.1) is 6.04 Å². The lowest BCUT2D eigenvalue weighted by Crippen LogP contribution is -2.38. The van der Waals surface area contributed by atoms with Crippen LogP contribution >= 0.6 is 15.9 Å². The summed E-state index contributed by atoms with van der Waals surface area (Å²) < 4.78 is 1.03. The second kappa shape index (κ2) is 7.22. The van der Waals surface area contributed by atoms with Crippen LogP contribution < -0.4 is 5.32 Å². The molecule has 0 unspecified atom stereocenters. The predicted octanol–water partition coefficient (Wildman–Crippen LogP) is 3.75. The maximum absolute atomic E-state index is 12.2. The van der Waals surface area contributed by atoms with E-state index >= 15 is 0 Å². The Morgan fingerprint density at radius 3 is 2.48 bits per heavy atom. The Balaban J connectivity index is 1.92. The van der Waals surface area contributed by atoms with Crippen LogP contribution in [0.3, 0.4) is 0 Å². The molecule has 21 heavy (non-hydrogen) atoms. The van der Waals surface area contributed by atoms with E-state index in [-0.39, 0.29) is 12.1 Å². The summed E-state index contributed by atoms with van der Waals surface area (Å²) in [6, 6.07) is 11.6. The molecule has 110 valence electrons. The number of benzene rings is 1. The van der Waals surface area contributed by atoms with Gasteiger partial charge in [-0.2, -0.15) is 0 Å². The van der Waals surface area contributed by atoms with E-state index in [0.717, 1.165) is 15.6 Å². The Kier molecular flexibility index (Phi) is 5.33. The van der Waals surface area contributed by atoms with Gasteiger partial charge in [0.1, 0.15) is 0 Å². The lowest BCUT2D eigenvalue weighted by Gasteiger charge is -2.21. The number of amides is 2. The van der Waals surface area contributed by atoms with E-state index < -0.39 is 0 Å². The average molecular weight is 348 g/mol. The minimum atomic E-state index is -0.0952. The van der Waals surface area contributed by atoms with Gasteiger partial charge in [-0.25, -0.2) is 4.79 Å². The predicted molar refractivity (Wildman–Crippen MR) is 86.8 cm³/mol. The molecule has 4 nitrogen and oxygen atoms in total. The molecule has 0 saturated carbocycles. The normalized spacial score (nSPS) is 11.8. The first-order valence-electron chi connectivity index (χ1n) is 6.72. The van der Waals surface area contributed by atoms with Crippen molar-refractivity contribution < 1.29 is 4.79 Å². The van der Waals surface area contributed by atoms with E-state index in [2.05, 4.69) is 26.2 Å². The number of nitrogens with zero attached hydrogens (tertiary/aromatic N) is 2. The lowest BCUT2D eigenvalue weighted by molar-refractivity contribution is 0.203. The van der Waals surface area contributed by atoms with Gasteiger partial charge in [-0.05, 0) is 42.3 Å². The molecule has 1 aromatic heterocycles. The van der Waals surface area contributed by atoms with E-state index in [0.29, 0.717) is 6.54 Å². The summed E-state index contributed by atoms with van der Waals surface area (Å²) in [5, 5.41) is 2.98. The van der Waals surface area contributed by atoms with E-state index in [1.165, 1.54) is 0 Å². The first-order chi connectivity index (χ1) is 10.1. The van der Waals surface area contributed by atoms with Crippen molar-refractivity contribution in [2.75, 3.05) is 7.05 Å². The standard InChI is InChI=1S/C16H18BrN3O/c1-12(14-7-9-18-10-8-14)19-16(21)20(2)11-13-3-5-15(17)6-4-13/h3-10,12H,11H2,1-2H3,(H,19,21)/t12-/m1/s1. The molecular formula is C16H18BrN3O. The fraction of sp³-hybridized carbons (Fsp3) is 0.250. The number of pyridine rings is 1. The summed E-state index contributed by atoms with van der Waals surface area (Å²) in [5.41, 5.74) is 2.13. The molecule has 0 fully saturated rings. The van der Waals surface area contributed by atoms with E-state index in [1.807, 2.05) is 43.3 Å². The Labute approximate surface area is 133 Å². The van der Waals surface area contributed by atoms with Crippen molar-refractivity contribution in [2.24, 2.45) is 0 Å². The van der Waals surface area contributed by atoms with Gasteiger partial charge in [0.2, 0.25) is 0 Å². The van der Waals surface area contributed by atoms with Crippen LogP contribution in [-0.4, -0.2) is 23.0 Å². The molecule has 2 rings (SSSR count). The number of halogens is 1. The smallest absolute Gasteiger partial charge is 0.317 e. The number of urea groups is 1. The number of carbonyl (C=O) groups excluding carboxylic acids is 1. The highest BCUT2D eigenvalue weighted by Gasteiger charge is 2.13. The molecule has 2 amide bonds. The third-order valence-corrected chi connectivity index (χ3v) is 3.75. The molecule has 0 aliphatic carbocycles. The molecule has 0 radical (unpaired) electrons. The van der Waals surface area contributed by atoms with Gasteiger partial charge in [-0.15, -0.1) is 0 Å². The molecule has 0 spiro atoms. The summed E-state index contributed by atoms with van der Waals surface area (Å²) in [7, 11) is 1.79. The van der Waals surface area contributed by atoms with Gasteiger partial charge in [0, 0.05) is 30.5 Å². The number of carbonyl (C=O) groups is 1. The maximum Gasteiger partial charge on any atom is 0.317 e. The van der Waals surface area contributed by atoms with Gasteiger partial charge in [-0.3, -0.25) is 4.98 Å². The molecule has 0 saturated heterocycles. The summed E-state index contributed by atoms with van der Waals surface area (Å²) in [6.07, 6.45) is 3.45.